The van der Waals surface area contributed by atoms with Gasteiger partial charge in [-0.2, -0.15) is 5.26 Å². The molecule has 1 aromatic heterocycles. The molecule has 2 N–H and O–H groups in total. The second-order valence-corrected chi connectivity index (χ2v) is 5.02. The highest BCUT2D eigenvalue weighted by atomic mass is 35.5. The lowest BCUT2D eigenvalue weighted by Gasteiger charge is -2.29. The van der Waals surface area contributed by atoms with E-state index in [1.807, 2.05) is 11.0 Å². The summed E-state index contributed by atoms with van der Waals surface area (Å²) in [6.45, 7) is 0.0757. The highest BCUT2D eigenvalue weighted by Crippen LogP contribution is 2.32. The molecule has 0 saturated heterocycles. The van der Waals surface area contributed by atoms with Crippen molar-refractivity contribution in [2.75, 3.05) is 11.4 Å². The standard InChI is InChI=1S/C13H15ClN4O/c14-12-9(7-15)5-6-17-13(12)18(8-11(16)19)10-3-1-2-4-10/h5-6,10H,1-4,8H2,(H2,16,19). The molecular formula is C13H15ClN4O. The molecule has 1 aromatic rings. The van der Waals surface area contributed by atoms with Crippen molar-refractivity contribution >= 4 is 23.3 Å². The highest BCUT2D eigenvalue weighted by molar-refractivity contribution is 6.34. The number of carbonyl (C=O) groups excluding carboxylic acids is 1. The van der Waals surface area contributed by atoms with E-state index in [4.69, 9.17) is 22.6 Å². The summed E-state index contributed by atoms with van der Waals surface area (Å²) in [5, 5.41) is 9.29. The average Bonchev–Trinajstić information content (AvgIpc) is 2.90. The van der Waals surface area contributed by atoms with E-state index in [1.54, 1.807) is 6.07 Å². The molecule has 1 aliphatic rings. The van der Waals surface area contributed by atoms with Gasteiger partial charge in [0.2, 0.25) is 5.91 Å². The van der Waals surface area contributed by atoms with Crippen LogP contribution in [0.2, 0.25) is 5.02 Å². The Balaban J connectivity index is 2.37. The molecule has 5 nitrogen and oxygen atoms in total. The Morgan fingerprint density at radius 1 is 1.58 bits per heavy atom. The lowest BCUT2D eigenvalue weighted by Crippen LogP contribution is -2.41. The van der Waals surface area contributed by atoms with E-state index in [2.05, 4.69) is 4.98 Å². The summed E-state index contributed by atoms with van der Waals surface area (Å²) in [5.74, 6) is 0.0542. The molecule has 100 valence electrons. The first-order valence-corrected chi connectivity index (χ1v) is 6.61. The first kappa shape index (κ1) is 13.6. The number of nitrogens with zero attached hydrogens (tertiary/aromatic N) is 3. The predicted octanol–water partition coefficient (Wildman–Crippen LogP) is 1.84. The Kier molecular flexibility index (Phi) is 4.23. The number of rotatable bonds is 4. The van der Waals surface area contributed by atoms with Gasteiger partial charge >= 0.3 is 0 Å². The summed E-state index contributed by atoms with van der Waals surface area (Å²) >= 11 is 6.19. The largest absolute Gasteiger partial charge is 0.368 e. The molecule has 2 rings (SSSR count). The SMILES string of the molecule is N#Cc1ccnc(N(CC(N)=O)C2CCCC2)c1Cl. The van der Waals surface area contributed by atoms with Gasteiger partial charge in [-0.1, -0.05) is 24.4 Å². The van der Waals surface area contributed by atoms with Crippen molar-refractivity contribution in [2.24, 2.45) is 5.73 Å². The summed E-state index contributed by atoms with van der Waals surface area (Å²) in [7, 11) is 0. The number of carbonyl (C=O) groups is 1. The van der Waals surface area contributed by atoms with Gasteiger partial charge in [0, 0.05) is 12.2 Å². The van der Waals surface area contributed by atoms with Crippen LogP contribution in [0.1, 0.15) is 31.2 Å². The molecule has 0 aromatic carbocycles. The molecule has 0 atom stereocenters. The minimum Gasteiger partial charge on any atom is -0.368 e. The van der Waals surface area contributed by atoms with Gasteiger partial charge in [0.15, 0.2) is 0 Å². The first-order chi connectivity index (χ1) is 9.13. The third kappa shape index (κ3) is 2.96. The van der Waals surface area contributed by atoms with E-state index in [9.17, 15) is 4.79 Å². The van der Waals surface area contributed by atoms with Gasteiger partial charge in [0.25, 0.3) is 0 Å². The monoisotopic (exact) mass is 278 g/mol. The fourth-order valence-electron chi connectivity index (χ4n) is 2.48. The second kappa shape index (κ2) is 5.89. The van der Waals surface area contributed by atoms with Gasteiger partial charge in [-0.05, 0) is 18.9 Å². The van der Waals surface area contributed by atoms with Crippen LogP contribution in [0.15, 0.2) is 12.3 Å². The van der Waals surface area contributed by atoms with E-state index in [-0.39, 0.29) is 17.6 Å². The van der Waals surface area contributed by atoms with Gasteiger partial charge in [-0.25, -0.2) is 4.98 Å². The summed E-state index contributed by atoms with van der Waals surface area (Å²) < 4.78 is 0. The van der Waals surface area contributed by atoms with Crippen LogP contribution in [-0.2, 0) is 4.79 Å². The van der Waals surface area contributed by atoms with E-state index in [1.165, 1.54) is 6.20 Å². The molecule has 1 saturated carbocycles. The third-order valence-corrected chi connectivity index (χ3v) is 3.73. The lowest BCUT2D eigenvalue weighted by molar-refractivity contribution is -0.116. The van der Waals surface area contributed by atoms with Crippen molar-refractivity contribution in [3.63, 3.8) is 0 Å². The number of amides is 1. The summed E-state index contributed by atoms with van der Waals surface area (Å²) in [6, 6.07) is 3.79. The van der Waals surface area contributed by atoms with Crippen molar-refractivity contribution in [3.05, 3.63) is 22.8 Å². The number of primary amides is 1. The zero-order valence-electron chi connectivity index (χ0n) is 10.5. The Labute approximate surface area is 117 Å². The maximum Gasteiger partial charge on any atom is 0.237 e. The van der Waals surface area contributed by atoms with Crippen molar-refractivity contribution in [3.8, 4) is 6.07 Å². The van der Waals surface area contributed by atoms with Crippen molar-refractivity contribution in [1.82, 2.24) is 4.98 Å². The number of halogens is 1. The Bertz CT molecular complexity index is 520. The van der Waals surface area contributed by atoms with Crippen LogP contribution >= 0.6 is 11.6 Å². The number of nitriles is 1. The van der Waals surface area contributed by atoms with Crippen LogP contribution in [0, 0.1) is 11.3 Å². The van der Waals surface area contributed by atoms with Crippen molar-refractivity contribution in [1.29, 1.82) is 5.26 Å². The quantitative estimate of drug-likeness (QED) is 0.911. The molecule has 1 amide bonds. The zero-order chi connectivity index (χ0) is 13.8. The molecule has 1 aliphatic carbocycles. The fourth-order valence-corrected chi connectivity index (χ4v) is 2.74. The molecular weight excluding hydrogens is 264 g/mol. The molecule has 0 radical (unpaired) electrons. The Morgan fingerprint density at radius 2 is 2.26 bits per heavy atom. The normalized spacial score (nSPS) is 15.2. The Morgan fingerprint density at radius 3 is 2.84 bits per heavy atom. The lowest BCUT2D eigenvalue weighted by atomic mass is 10.2. The molecule has 6 heteroatoms. The van der Waals surface area contributed by atoms with E-state index < -0.39 is 5.91 Å². The molecule has 19 heavy (non-hydrogen) atoms. The smallest absolute Gasteiger partial charge is 0.237 e. The van der Waals surface area contributed by atoms with Gasteiger partial charge in [-0.15, -0.1) is 0 Å². The summed E-state index contributed by atoms with van der Waals surface area (Å²) in [6.07, 6.45) is 5.75. The van der Waals surface area contributed by atoms with Crippen molar-refractivity contribution < 1.29 is 4.79 Å². The third-order valence-electron chi connectivity index (χ3n) is 3.35. The van der Waals surface area contributed by atoms with E-state index >= 15 is 0 Å². The van der Waals surface area contributed by atoms with Crippen LogP contribution in [0.25, 0.3) is 0 Å². The minimum absolute atomic E-state index is 0.0757. The molecule has 1 fully saturated rings. The number of pyridine rings is 1. The molecule has 0 unspecified atom stereocenters. The van der Waals surface area contributed by atoms with E-state index in [0.29, 0.717) is 11.4 Å². The van der Waals surface area contributed by atoms with E-state index in [0.717, 1.165) is 25.7 Å². The number of nitrogens with two attached hydrogens (primary N) is 1. The van der Waals surface area contributed by atoms with Crippen LogP contribution in [0.5, 0.6) is 0 Å². The number of hydrogen-bond acceptors (Lipinski definition) is 4. The molecule has 1 heterocycles. The maximum absolute atomic E-state index is 11.3. The summed E-state index contributed by atoms with van der Waals surface area (Å²) in [4.78, 5) is 17.3. The molecule has 0 spiro atoms. The number of aromatic nitrogens is 1. The minimum atomic E-state index is -0.424. The first-order valence-electron chi connectivity index (χ1n) is 6.23. The van der Waals surface area contributed by atoms with Crippen molar-refractivity contribution in [2.45, 2.75) is 31.7 Å². The van der Waals surface area contributed by atoms with Crippen LogP contribution < -0.4 is 10.6 Å². The van der Waals surface area contributed by atoms with Crippen LogP contribution in [0.3, 0.4) is 0 Å². The predicted molar refractivity (Wildman–Crippen MR) is 72.8 cm³/mol. The summed E-state index contributed by atoms with van der Waals surface area (Å²) in [5.41, 5.74) is 5.66. The van der Waals surface area contributed by atoms with Crippen LogP contribution in [-0.4, -0.2) is 23.5 Å². The molecule has 0 bridgehead atoms. The highest BCUT2D eigenvalue weighted by Gasteiger charge is 2.27. The fraction of sp³-hybridized carbons (Fsp3) is 0.462. The number of hydrogen-bond donors (Lipinski definition) is 1. The average molecular weight is 279 g/mol. The zero-order valence-corrected chi connectivity index (χ0v) is 11.2. The Hall–Kier alpha value is -1.80. The number of anilines is 1. The second-order valence-electron chi connectivity index (χ2n) is 4.64. The molecule has 0 aliphatic heterocycles. The maximum atomic E-state index is 11.3. The van der Waals surface area contributed by atoms with Gasteiger partial charge < -0.3 is 10.6 Å². The van der Waals surface area contributed by atoms with Gasteiger partial charge in [-0.3, -0.25) is 4.79 Å². The van der Waals surface area contributed by atoms with Gasteiger partial charge in [0.05, 0.1) is 12.1 Å². The topological polar surface area (TPSA) is 83.0 Å². The van der Waals surface area contributed by atoms with Crippen LogP contribution in [0.4, 0.5) is 5.82 Å². The van der Waals surface area contributed by atoms with Gasteiger partial charge in [0.1, 0.15) is 16.9 Å².